The van der Waals surface area contributed by atoms with Crippen LogP contribution in [0.1, 0.15) is 19.3 Å². The maximum absolute atomic E-state index is 12.4. The monoisotopic (exact) mass is 370 g/mol. The number of sulfone groups is 1. The standard InChI is InChI=1S/C17H30N4O3S/c1-18-16(21-10-5-15(13-21)20-8-3-4-9-20)19-14-17(25(2,22)23)6-11-24-12-7-17/h3-4,15H,5-14H2,1-2H3,(H,18,19). The molecule has 3 rings (SSSR count). The number of guanidine groups is 1. The lowest BCUT2D eigenvalue weighted by molar-refractivity contribution is 0.0754. The summed E-state index contributed by atoms with van der Waals surface area (Å²) in [6, 6.07) is 0.542. The minimum Gasteiger partial charge on any atom is -0.381 e. The van der Waals surface area contributed by atoms with Crippen LogP contribution in [-0.2, 0) is 14.6 Å². The van der Waals surface area contributed by atoms with Crippen LogP contribution >= 0.6 is 0 Å². The number of rotatable bonds is 4. The Balaban J connectivity index is 1.60. The predicted octanol–water partition coefficient (Wildman–Crippen LogP) is 0.102. The molecular weight excluding hydrogens is 340 g/mol. The van der Waals surface area contributed by atoms with Gasteiger partial charge in [0.15, 0.2) is 15.8 Å². The first-order valence-corrected chi connectivity index (χ1v) is 11.0. The molecule has 3 aliphatic rings. The highest BCUT2D eigenvalue weighted by Gasteiger charge is 2.42. The molecule has 1 unspecified atom stereocenters. The van der Waals surface area contributed by atoms with Crippen LogP contribution in [-0.4, -0.2) is 94.2 Å². The van der Waals surface area contributed by atoms with Gasteiger partial charge in [-0.15, -0.1) is 0 Å². The maximum Gasteiger partial charge on any atom is 0.193 e. The topological polar surface area (TPSA) is 74.2 Å². The van der Waals surface area contributed by atoms with E-state index in [2.05, 4.69) is 32.3 Å². The third kappa shape index (κ3) is 4.01. The molecule has 3 heterocycles. The molecule has 0 aliphatic carbocycles. The lowest BCUT2D eigenvalue weighted by Gasteiger charge is -2.36. The average Bonchev–Trinajstić information content (AvgIpc) is 3.27. The third-order valence-corrected chi connectivity index (χ3v) is 7.92. The van der Waals surface area contributed by atoms with E-state index in [1.54, 1.807) is 7.05 Å². The number of nitrogens with zero attached hydrogens (tertiary/aromatic N) is 3. The number of aliphatic imine (C=N–C) groups is 1. The van der Waals surface area contributed by atoms with Crippen LogP contribution in [0.4, 0.5) is 0 Å². The molecule has 8 heteroatoms. The molecule has 0 aromatic heterocycles. The lowest BCUT2D eigenvalue weighted by atomic mass is 9.99. The highest BCUT2D eigenvalue weighted by Crippen LogP contribution is 2.29. The van der Waals surface area contributed by atoms with Gasteiger partial charge in [-0.25, -0.2) is 8.42 Å². The molecule has 1 N–H and O–H groups in total. The van der Waals surface area contributed by atoms with Crippen LogP contribution in [0, 0.1) is 0 Å². The molecule has 25 heavy (non-hydrogen) atoms. The van der Waals surface area contributed by atoms with Crippen molar-refractivity contribution in [3.8, 4) is 0 Å². The Morgan fingerprint density at radius 1 is 1.32 bits per heavy atom. The molecule has 0 radical (unpaired) electrons. The number of ether oxygens (including phenoxy) is 1. The SMILES string of the molecule is CN=C(NCC1(S(C)(=O)=O)CCOCC1)N1CCC(N2CC=CC2)C1. The summed E-state index contributed by atoms with van der Waals surface area (Å²) in [4.78, 5) is 9.12. The minimum absolute atomic E-state index is 0.397. The molecule has 0 aromatic carbocycles. The van der Waals surface area contributed by atoms with Crippen LogP contribution in [0.5, 0.6) is 0 Å². The molecule has 1 atom stereocenters. The van der Waals surface area contributed by atoms with Crippen LogP contribution in [0.2, 0.25) is 0 Å². The minimum atomic E-state index is -3.17. The van der Waals surface area contributed by atoms with Crippen molar-refractivity contribution in [3.63, 3.8) is 0 Å². The quantitative estimate of drug-likeness (QED) is 0.430. The molecule has 142 valence electrons. The third-order valence-electron chi connectivity index (χ3n) is 5.80. The zero-order valence-electron chi connectivity index (χ0n) is 15.3. The first kappa shape index (κ1) is 18.7. The second-order valence-corrected chi connectivity index (χ2v) is 9.69. The number of hydrogen-bond acceptors (Lipinski definition) is 5. The summed E-state index contributed by atoms with van der Waals surface area (Å²) < 4.78 is 29.4. The maximum atomic E-state index is 12.4. The van der Waals surface area contributed by atoms with Gasteiger partial charge in [0.1, 0.15) is 0 Å². The van der Waals surface area contributed by atoms with Crippen LogP contribution in [0.15, 0.2) is 17.1 Å². The van der Waals surface area contributed by atoms with Crippen molar-refractivity contribution in [2.75, 3.05) is 59.2 Å². The van der Waals surface area contributed by atoms with Crippen LogP contribution < -0.4 is 5.32 Å². The Kier molecular flexibility index (Phi) is 5.70. The van der Waals surface area contributed by atoms with Gasteiger partial charge < -0.3 is 15.0 Å². The number of hydrogen-bond donors (Lipinski definition) is 1. The highest BCUT2D eigenvalue weighted by atomic mass is 32.2. The van der Waals surface area contributed by atoms with Crippen molar-refractivity contribution in [2.24, 2.45) is 4.99 Å². The van der Waals surface area contributed by atoms with E-state index in [4.69, 9.17) is 4.74 Å². The zero-order valence-corrected chi connectivity index (χ0v) is 16.1. The molecule has 0 aromatic rings. The predicted molar refractivity (Wildman–Crippen MR) is 99.7 cm³/mol. The van der Waals surface area contributed by atoms with Crippen molar-refractivity contribution in [2.45, 2.75) is 30.1 Å². The molecule has 2 fully saturated rings. The van der Waals surface area contributed by atoms with E-state index in [0.29, 0.717) is 38.6 Å². The fourth-order valence-electron chi connectivity index (χ4n) is 4.02. The molecular formula is C17H30N4O3S. The van der Waals surface area contributed by atoms with Gasteiger partial charge in [-0.2, -0.15) is 0 Å². The van der Waals surface area contributed by atoms with E-state index in [0.717, 1.165) is 38.6 Å². The molecule has 0 saturated carbocycles. The van der Waals surface area contributed by atoms with Gasteiger partial charge in [-0.3, -0.25) is 9.89 Å². The van der Waals surface area contributed by atoms with E-state index in [1.165, 1.54) is 6.26 Å². The largest absolute Gasteiger partial charge is 0.381 e. The van der Waals surface area contributed by atoms with Crippen molar-refractivity contribution in [3.05, 3.63) is 12.2 Å². The van der Waals surface area contributed by atoms with Gasteiger partial charge >= 0.3 is 0 Å². The average molecular weight is 371 g/mol. The zero-order chi connectivity index (χ0) is 17.9. The fourth-order valence-corrected chi connectivity index (χ4v) is 5.26. The van der Waals surface area contributed by atoms with Gasteiger partial charge in [0.25, 0.3) is 0 Å². The van der Waals surface area contributed by atoms with Crippen LogP contribution in [0.3, 0.4) is 0 Å². The van der Waals surface area contributed by atoms with Crippen molar-refractivity contribution in [1.29, 1.82) is 0 Å². The van der Waals surface area contributed by atoms with Crippen molar-refractivity contribution in [1.82, 2.24) is 15.1 Å². The lowest BCUT2D eigenvalue weighted by Crippen LogP contribution is -2.54. The van der Waals surface area contributed by atoms with Crippen molar-refractivity contribution >= 4 is 15.8 Å². The Morgan fingerprint density at radius 2 is 2.00 bits per heavy atom. The second kappa shape index (κ2) is 7.63. The smallest absolute Gasteiger partial charge is 0.193 e. The molecule has 0 amide bonds. The summed E-state index contributed by atoms with van der Waals surface area (Å²) >= 11 is 0. The summed E-state index contributed by atoms with van der Waals surface area (Å²) in [6.07, 6.45) is 7.98. The second-order valence-electron chi connectivity index (χ2n) is 7.28. The van der Waals surface area contributed by atoms with Gasteiger partial charge in [-0.05, 0) is 19.3 Å². The summed E-state index contributed by atoms with van der Waals surface area (Å²) in [5.41, 5.74) is 0. The molecule has 3 aliphatic heterocycles. The Bertz CT molecular complexity index is 618. The Morgan fingerprint density at radius 3 is 2.60 bits per heavy atom. The van der Waals surface area contributed by atoms with Gasteiger partial charge in [0, 0.05) is 65.3 Å². The Labute approximate surface area is 151 Å². The van der Waals surface area contributed by atoms with Crippen molar-refractivity contribution < 1.29 is 13.2 Å². The summed E-state index contributed by atoms with van der Waals surface area (Å²) in [6.45, 7) is 5.35. The summed E-state index contributed by atoms with van der Waals surface area (Å²) in [5.74, 6) is 0.809. The molecule has 0 spiro atoms. The van der Waals surface area contributed by atoms with E-state index in [1.807, 2.05) is 0 Å². The first-order chi connectivity index (χ1) is 12.0. The van der Waals surface area contributed by atoms with E-state index in [9.17, 15) is 8.42 Å². The van der Waals surface area contributed by atoms with Crippen LogP contribution in [0.25, 0.3) is 0 Å². The highest BCUT2D eigenvalue weighted by molar-refractivity contribution is 7.92. The van der Waals surface area contributed by atoms with Gasteiger partial charge in [-0.1, -0.05) is 12.2 Å². The van der Waals surface area contributed by atoms with Gasteiger partial charge in [0.2, 0.25) is 0 Å². The normalized spacial score (nSPS) is 27.8. The first-order valence-electron chi connectivity index (χ1n) is 9.07. The molecule has 0 bridgehead atoms. The molecule has 2 saturated heterocycles. The number of nitrogens with one attached hydrogen (secondary N) is 1. The van der Waals surface area contributed by atoms with E-state index < -0.39 is 14.6 Å². The van der Waals surface area contributed by atoms with E-state index >= 15 is 0 Å². The number of likely N-dealkylation sites (tertiary alicyclic amines) is 1. The molecule has 7 nitrogen and oxygen atoms in total. The van der Waals surface area contributed by atoms with Gasteiger partial charge in [0.05, 0.1) is 4.75 Å². The van der Waals surface area contributed by atoms with E-state index in [-0.39, 0.29) is 0 Å². The summed E-state index contributed by atoms with van der Waals surface area (Å²) in [7, 11) is -1.40. The fraction of sp³-hybridized carbons (Fsp3) is 0.824. The summed E-state index contributed by atoms with van der Waals surface area (Å²) in [5, 5.41) is 3.35. The Hall–Kier alpha value is -1.12.